The van der Waals surface area contributed by atoms with Crippen molar-refractivity contribution < 1.29 is 23.4 Å². The summed E-state index contributed by atoms with van der Waals surface area (Å²) >= 11 is 0. The van der Waals surface area contributed by atoms with Crippen LogP contribution in [0.3, 0.4) is 0 Å². The molecule has 1 atom stereocenters. The van der Waals surface area contributed by atoms with Crippen molar-refractivity contribution in [2.45, 2.75) is 12.3 Å². The van der Waals surface area contributed by atoms with E-state index in [0.717, 1.165) is 6.07 Å². The van der Waals surface area contributed by atoms with Gasteiger partial charge in [-0.25, -0.2) is 15.8 Å². The van der Waals surface area contributed by atoms with Crippen molar-refractivity contribution in [1.82, 2.24) is 9.97 Å². The molecule has 0 fully saturated rings. The minimum absolute atomic E-state index is 0.158. The van der Waals surface area contributed by atoms with Gasteiger partial charge in [0.1, 0.15) is 11.6 Å². The summed E-state index contributed by atoms with van der Waals surface area (Å²) in [5.41, 5.74) is 1.98. The highest BCUT2D eigenvalue weighted by atomic mass is 19.4. The molecule has 0 saturated carbocycles. The largest absolute Gasteiger partial charge is 0.451 e. The van der Waals surface area contributed by atoms with Crippen molar-refractivity contribution in [2.75, 3.05) is 23.9 Å². The molecule has 0 saturated heterocycles. The number of nitrogens with two attached hydrogens (primary N) is 1. The molecule has 1 unspecified atom stereocenters. The van der Waals surface area contributed by atoms with E-state index in [9.17, 15) is 13.2 Å². The molecule has 10 heteroatoms. The van der Waals surface area contributed by atoms with Crippen LogP contribution in [-0.2, 0) is 6.18 Å². The van der Waals surface area contributed by atoms with Crippen molar-refractivity contribution >= 4 is 11.6 Å². The number of anilines is 2. The van der Waals surface area contributed by atoms with E-state index in [1.54, 1.807) is 0 Å². The fraction of sp³-hybridized carbons (Fsp3) is 0.500. The first kappa shape index (κ1) is 14.4. The molecule has 0 radical (unpaired) electrons. The summed E-state index contributed by atoms with van der Waals surface area (Å²) in [7, 11) is 0. The van der Waals surface area contributed by atoms with E-state index in [4.69, 9.17) is 16.1 Å². The van der Waals surface area contributed by atoms with E-state index < -0.39 is 24.7 Å². The van der Waals surface area contributed by atoms with Crippen LogP contribution in [0.2, 0.25) is 0 Å². The first-order valence-electron chi connectivity index (χ1n) is 4.82. The third kappa shape index (κ3) is 3.98. The molecule has 18 heavy (non-hydrogen) atoms. The normalized spacial score (nSPS) is 13.2. The number of hydrogen-bond acceptors (Lipinski definition) is 7. The number of hydrazine groups is 1. The lowest BCUT2D eigenvalue weighted by Crippen LogP contribution is -2.24. The van der Waals surface area contributed by atoms with Gasteiger partial charge in [0, 0.05) is 12.6 Å². The number of aromatic nitrogens is 2. The molecule has 0 aliphatic heterocycles. The average molecular weight is 267 g/mol. The monoisotopic (exact) mass is 267 g/mol. The van der Waals surface area contributed by atoms with E-state index in [0.29, 0.717) is 0 Å². The first-order chi connectivity index (χ1) is 8.36. The summed E-state index contributed by atoms with van der Waals surface area (Å²) in [5, 5.41) is 20.0. The first-order valence-corrected chi connectivity index (χ1v) is 4.82. The van der Waals surface area contributed by atoms with Crippen LogP contribution in [0.25, 0.3) is 0 Å². The lowest BCUT2D eigenvalue weighted by Gasteiger charge is -2.12. The van der Waals surface area contributed by atoms with Crippen molar-refractivity contribution in [2.24, 2.45) is 5.84 Å². The molecule has 0 aliphatic rings. The molecule has 1 heterocycles. The number of hydrogen-bond donors (Lipinski definition) is 5. The fourth-order valence-corrected chi connectivity index (χ4v) is 1.03. The zero-order chi connectivity index (χ0) is 13.8. The Balaban J connectivity index is 2.91. The molecule has 6 N–H and O–H groups in total. The number of nitrogen functional groups attached to an aromatic ring is 1. The van der Waals surface area contributed by atoms with E-state index >= 15 is 0 Å². The van der Waals surface area contributed by atoms with Crippen molar-refractivity contribution in [1.29, 1.82) is 0 Å². The molecule has 0 aliphatic carbocycles. The van der Waals surface area contributed by atoms with Crippen LogP contribution in [0.5, 0.6) is 0 Å². The second kappa shape index (κ2) is 5.80. The predicted molar refractivity (Wildman–Crippen MR) is 56.4 cm³/mol. The summed E-state index contributed by atoms with van der Waals surface area (Å²) in [5.74, 6) is 3.23. The maximum absolute atomic E-state index is 12.4. The SMILES string of the molecule is NNc1cc(NCC(O)CO)nc(C(F)(F)F)n1. The Morgan fingerprint density at radius 3 is 2.44 bits per heavy atom. The summed E-state index contributed by atoms with van der Waals surface area (Å²) in [6.45, 7) is -0.680. The van der Waals surface area contributed by atoms with Crippen LogP contribution < -0.4 is 16.6 Å². The molecule has 0 spiro atoms. The summed E-state index contributed by atoms with van der Waals surface area (Å²) in [4.78, 5) is 6.37. The number of aliphatic hydroxyl groups is 2. The van der Waals surface area contributed by atoms with Gasteiger partial charge in [-0.2, -0.15) is 13.2 Å². The van der Waals surface area contributed by atoms with Gasteiger partial charge in [-0.1, -0.05) is 0 Å². The van der Waals surface area contributed by atoms with Crippen molar-refractivity contribution in [3.05, 3.63) is 11.9 Å². The van der Waals surface area contributed by atoms with E-state index in [-0.39, 0.29) is 18.2 Å². The number of aliphatic hydroxyl groups excluding tert-OH is 2. The zero-order valence-electron chi connectivity index (χ0n) is 9.07. The van der Waals surface area contributed by atoms with Gasteiger partial charge in [-0.15, -0.1) is 0 Å². The van der Waals surface area contributed by atoms with Crippen LogP contribution in [0, 0.1) is 0 Å². The Kier molecular flexibility index (Phi) is 4.64. The molecule has 0 bridgehead atoms. The van der Waals surface area contributed by atoms with E-state index in [2.05, 4.69) is 15.3 Å². The molecule has 0 amide bonds. The lowest BCUT2D eigenvalue weighted by molar-refractivity contribution is -0.144. The second-order valence-corrected chi connectivity index (χ2v) is 3.32. The van der Waals surface area contributed by atoms with Gasteiger partial charge in [0.2, 0.25) is 5.82 Å². The maximum Gasteiger partial charge on any atom is 0.451 e. The van der Waals surface area contributed by atoms with Gasteiger partial charge in [0.25, 0.3) is 0 Å². The minimum Gasteiger partial charge on any atom is -0.394 e. The van der Waals surface area contributed by atoms with Crippen LogP contribution in [-0.4, -0.2) is 39.4 Å². The molecule has 1 aromatic rings. The Morgan fingerprint density at radius 2 is 1.94 bits per heavy atom. The van der Waals surface area contributed by atoms with Gasteiger partial charge in [-0.3, -0.25) is 0 Å². The van der Waals surface area contributed by atoms with Crippen LogP contribution in [0.4, 0.5) is 24.8 Å². The van der Waals surface area contributed by atoms with Crippen LogP contribution in [0.15, 0.2) is 6.07 Å². The van der Waals surface area contributed by atoms with Gasteiger partial charge < -0.3 is 21.0 Å². The quantitative estimate of drug-likeness (QED) is 0.362. The highest BCUT2D eigenvalue weighted by Gasteiger charge is 2.35. The summed E-state index contributed by atoms with van der Waals surface area (Å²) in [6.07, 6.45) is -5.82. The highest BCUT2D eigenvalue weighted by molar-refractivity contribution is 5.47. The highest BCUT2D eigenvalue weighted by Crippen LogP contribution is 2.28. The number of halogens is 3. The zero-order valence-corrected chi connectivity index (χ0v) is 9.07. The Morgan fingerprint density at radius 1 is 1.33 bits per heavy atom. The molecular weight excluding hydrogens is 255 g/mol. The molecule has 0 aromatic carbocycles. The third-order valence-corrected chi connectivity index (χ3v) is 1.86. The van der Waals surface area contributed by atoms with Crippen LogP contribution >= 0.6 is 0 Å². The number of rotatable bonds is 5. The van der Waals surface area contributed by atoms with Crippen molar-refractivity contribution in [3.63, 3.8) is 0 Å². The molecular formula is C8H12F3N5O2. The summed E-state index contributed by atoms with van der Waals surface area (Å²) < 4.78 is 37.3. The Bertz CT molecular complexity index is 401. The molecule has 7 nitrogen and oxygen atoms in total. The van der Waals surface area contributed by atoms with Crippen LogP contribution in [0.1, 0.15) is 5.82 Å². The summed E-state index contributed by atoms with van der Waals surface area (Å²) in [6, 6.07) is 1.14. The molecule has 1 rings (SSSR count). The maximum atomic E-state index is 12.4. The molecule has 102 valence electrons. The second-order valence-electron chi connectivity index (χ2n) is 3.32. The fourth-order valence-electron chi connectivity index (χ4n) is 1.03. The number of nitrogens with zero attached hydrogens (tertiary/aromatic N) is 2. The van der Waals surface area contributed by atoms with Gasteiger partial charge in [0.15, 0.2) is 0 Å². The van der Waals surface area contributed by atoms with Crippen molar-refractivity contribution in [3.8, 4) is 0 Å². The van der Waals surface area contributed by atoms with E-state index in [1.165, 1.54) is 0 Å². The smallest absolute Gasteiger partial charge is 0.394 e. The van der Waals surface area contributed by atoms with E-state index in [1.807, 2.05) is 5.43 Å². The number of nitrogens with one attached hydrogen (secondary N) is 2. The lowest BCUT2D eigenvalue weighted by atomic mass is 10.3. The number of alkyl halides is 3. The van der Waals surface area contributed by atoms with Gasteiger partial charge >= 0.3 is 6.18 Å². The topological polar surface area (TPSA) is 116 Å². The standard InChI is InChI=1S/C8H12F3N5O2/c9-8(10,11)7-14-5(1-6(15-7)16-12)13-2-4(18)3-17/h1,4,17-18H,2-3,12H2,(H2,13,14,15,16). The average Bonchev–Trinajstić information content (AvgIpc) is 2.34. The Hall–Kier alpha value is -1.65. The third-order valence-electron chi connectivity index (χ3n) is 1.86. The van der Waals surface area contributed by atoms with Gasteiger partial charge in [0.05, 0.1) is 12.7 Å². The molecule has 1 aromatic heterocycles. The van der Waals surface area contributed by atoms with Gasteiger partial charge in [-0.05, 0) is 0 Å². The minimum atomic E-state index is -4.71. The Labute approximate surface area is 99.8 Å². The predicted octanol–water partition coefficient (Wildman–Crippen LogP) is -0.454.